The quantitative estimate of drug-likeness (QED) is 0.691. The number of hydrogen-bond acceptors (Lipinski definition) is 2. The van der Waals surface area contributed by atoms with Gasteiger partial charge in [0, 0.05) is 25.0 Å². The maximum Gasteiger partial charge on any atom is 0.185 e. The van der Waals surface area contributed by atoms with Gasteiger partial charge < -0.3 is 4.42 Å². The Kier molecular flexibility index (Phi) is 5.03. The summed E-state index contributed by atoms with van der Waals surface area (Å²) < 4.78 is 5.84. The maximum atomic E-state index is 11.6. The average molecular weight is 248 g/mol. The van der Waals surface area contributed by atoms with Gasteiger partial charge in [-0.25, -0.2) is 0 Å². The molecule has 2 heterocycles. The predicted octanol–water partition coefficient (Wildman–Crippen LogP) is 4.11. The van der Waals surface area contributed by atoms with Crippen LogP contribution in [0.15, 0.2) is 21.3 Å². The highest BCUT2D eigenvalue weighted by molar-refractivity contribution is 5.07. The second-order valence-electron chi connectivity index (χ2n) is 5.70. The Hall–Kier alpha value is -1.05. The van der Waals surface area contributed by atoms with Gasteiger partial charge in [0.1, 0.15) is 11.5 Å². The van der Waals surface area contributed by atoms with Gasteiger partial charge in [0.15, 0.2) is 5.43 Å². The third-order valence-corrected chi connectivity index (χ3v) is 3.79. The van der Waals surface area contributed by atoms with Crippen LogP contribution in [0.2, 0.25) is 0 Å². The standard InChI is InChI=1S/C16H24O2/c1-13-8-6-4-2-3-5-7-9-15-11-14(17)12-16(10-13)18-15/h11-13H,2-10H2,1H3/t13-/m1/s1. The van der Waals surface area contributed by atoms with Crippen LogP contribution in [-0.4, -0.2) is 0 Å². The Labute approximate surface area is 109 Å². The molecule has 1 aliphatic rings. The number of hydrogen-bond donors (Lipinski definition) is 0. The van der Waals surface area contributed by atoms with Crippen molar-refractivity contribution >= 4 is 0 Å². The van der Waals surface area contributed by atoms with Crippen LogP contribution in [0.4, 0.5) is 0 Å². The van der Waals surface area contributed by atoms with Crippen LogP contribution >= 0.6 is 0 Å². The lowest BCUT2D eigenvalue weighted by Gasteiger charge is -2.10. The van der Waals surface area contributed by atoms with E-state index in [-0.39, 0.29) is 5.43 Å². The molecule has 18 heavy (non-hydrogen) atoms. The third kappa shape index (κ3) is 4.32. The van der Waals surface area contributed by atoms with E-state index < -0.39 is 0 Å². The number of rotatable bonds is 0. The predicted molar refractivity (Wildman–Crippen MR) is 73.9 cm³/mol. The zero-order chi connectivity index (χ0) is 12.8. The van der Waals surface area contributed by atoms with Gasteiger partial charge in [-0.15, -0.1) is 0 Å². The molecule has 1 atom stereocenters. The highest BCUT2D eigenvalue weighted by Gasteiger charge is 2.09. The van der Waals surface area contributed by atoms with Crippen LogP contribution in [0.3, 0.4) is 0 Å². The molecule has 1 aromatic heterocycles. The van der Waals surface area contributed by atoms with Crippen molar-refractivity contribution in [3.05, 3.63) is 33.9 Å². The lowest BCUT2D eigenvalue weighted by atomic mass is 9.98. The van der Waals surface area contributed by atoms with E-state index in [1.807, 2.05) is 0 Å². The third-order valence-electron chi connectivity index (χ3n) is 3.79. The fourth-order valence-electron chi connectivity index (χ4n) is 2.75. The van der Waals surface area contributed by atoms with Crippen molar-refractivity contribution in [3.8, 4) is 0 Å². The highest BCUT2D eigenvalue weighted by Crippen LogP contribution is 2.18. The molecule has 0 spiro atoms. The molecule has 0 amide bonds. The van der Waals surface area contributed by atoms with E-state index in [9.17, 15) is 4.79 Å². The van der Waals surface area contributed by atoms with Crippen molar-refractivity contribution in [3.63, 3.8) is 0 Å². The molecule has 0 N–H and O–H groups in total. The van der Waals surface area contributed by atoms with Gasteiger partial charge in [0.05, 0.1) is 0 Å². The van der Waals surface area contributed by atoms with Crippen molar-refractivity contribution in [2.24, 2.45) is 5.92 Å². The Morgan fingerprint density at radius 2 is 1.67 bits per heavy atom. The first-order chi connectivity index (χ1) is 8.74. The van der Waals surface area contributed by atoms with Gasteiger partial charge in [-0.1, -0.05) is 45.4 Å². The Bertz CT molecular complexity index is 419. The van der Waals surface area contributed by atoms with Gasteiger partial charge >= 0.3 is 0 Å². The molecule has 0 saturated carbocycles. The Balaban J connectivity index is 2.12. The molecule has 100 valence electrons. The van der Waals surface area contributed by atoms with Gasteiger partial charge in [0.25, 0.3) is 0 Å². The van der Waals surface area contributed by atoms with Gasteiger partial charge in [-0.3, -0.25) is 4.79 Å². The second-order valence-corrected chi connectivity index (χ2v) is 5.70. The molecule has 0 saturated heterocycles. The summed E-state index contributed by atoms with van der Waals surface area (Å²) in [5.74, 6) is 2.37. The molecule has 1 aromatic rings. The average Bonchev–Trinajstić information content (AvgIpc) is 2.32. The van der Waals surface area contributed by atoms with Crippen molar-refractivity contribution < 1.29 is 4.42 Å². The zero-order valence-corrected chi connectivity index (χ0v) is 11.4. The van der Waals surface area contributed by atoms with Gasteiger partial charge in [0.2, 0.25) is 0 Å². The normalized spacial score (nSPS) is 22.6. The minimum absolute atomic E-state index is 0.105. The molecule has 2 rings (SSSR count). The van der Waals surface area contributed by atoms with Crippen LogP contribution in [0.5, 0.6) is 0 Å². The van der Waals surface area contributed by atoms with E-state index >= 15 is 0 Å². The Morgan fingerprint density at radius 3 is 2.50 bits per heavy atom. The van der Waals surface area contributed by atoms with Crippen molar-refractivity contribution in [2.75, 3.05) is 0 Å². The largest absolute Gasteiger partial charge is 0.466 e. The first-order valence-corrected chi connectivity index (χ1v) is 7.37. The SMILES string of the molecule is C[C@@H]1CCCCCCCCc2cc(=O)cc(o2)C1. The molecule has 0 aliphatic carbocycles. The molecular formula is C16H24O2. The summed E-state index contributed by atoms with van der Waals surface area (Å²) in [7, 11) is 0. The molecule has 2 nitrogen and oxygen atoms in total. The summed E-state index contributed by atoms with van der Waals surface area (Å²) in [6.07, 6.45) is 10.8. The molecule has 2 heteroatoms. The zero-order valence-electron chi connectivity index (χ0n) is 11.4. The van der Waals surface area contributed by atoms with E-state index in [1.165, 1.54) is 38.5 Å². The molecule has 0 fully saturated rings. The van der Waals surface area contributed by atoms with Crippen LogP contribution in [-0.2, 0) is 12.8 Å². The molecule has 0 aromatic carbocycles. The van der Waals surface area contributed by atoms with E-state index in [1.54, 1.807) is 12.1 Å². The van der Waals surface area contributed by atoms with E-state index in [0.29, 0.717) is 5.92 Å². The second kappa shape index (κ2) is 6.77. The molecule has 1 aliphatic heterocycles. The molecule has 2 bridgehead atoms. The van der Waals surface area contributed by atoms with E-state index in [0.717, 1.165) is 30.8 Å². The van der Waals surface area contributed by atoms with Crippen LogP contribution in [0.25, 0.3) is 0 Å². The van der Waals surface area contributed by atoms with Crippen molar-refractivity contribution in [2.45, 2.75) is 64.7 Å². The van der Waals surface area contributed by atoms with Crippen LogP contribution < -0.4 is 5.43 Å². The highest BCUT2D eigenvalue weighted by atomic mass is 16.3. The number of fused-ring (bicyclic) bond motifs is 2. The Morgan fingerprint density at radius 1 is 1.00 bits per heavy atom. The topological polar surface area (TPSA) is 30.2 Å². The first kappa shape index (κ1) is 13.4. The summed E-state index contributed by atoms with van der Waals surface area (Å²) in [6.45, 7) is 2.26. The minimum atomic E-state index is 0.105. The summed E-state index contributed by atoms with van der Waals surface area (Å²) in [5, 5.41) is 0. The molecular weight excluding hydrogens is 224 g/mol. The van der Waals surface area contributed by atoms with Gasteiger partial charge in [-0.2, -0.15) is 0 Å². The molecule has 0 radical (unpaired) electrons. The lowest BCUT2D eigenvalue weighted by molar-refractivity contribution is 0.397. The van der Waals surface area contributed by atoms with E-state index in [2.05, 4.69) is 6.92 Å². The van der Waals surface area contributed by atoms with Gasteiger partial charge in [-0.05, 0) is 12.3 Å². The fourth-order valence-corrected chi connectivity index (χ4v) is 2.75. The monoisotopic (exact) mass is 248 g/mol. The maximum absolute atomic E-state index is 11.6. The van der Waals surface area contributed by atoms with Crippen LogP contribution in [0, 0.1) is 5.92 Å². The summed E-state index contributed by atoms with van der Waals surface area (Å²) in [4.78, 5) is 11.6. The summed E-state index contributed by atoms with van der Waals surface area (Å²) in [5.41, 5.74) is 0.105. The fraction of sp³-hybridized carbons (Fsp3) is 0.688. The first-order valence-electron chi connectivity index (χ1n) is 7.37. The summed E-state index contributed by atoms with van der Waals surface area (Å²) >= 11 is 0. The van der Waals surface area contributed by atoms with Crippen molar-refractivity contribution in [1.29, 1.82) is 0 Å². The minimum Gasteiger partial charge on any atom is -0.466 e. The van der Waals surface area contributed by atoms with E-state index in [4.69, 9.17) is 4.42 Å². The smallest absolute Gasteiger partial charge is 0.185 e. The van der Waals surface area contributed by atoms with Crippen LogP contribution in [0.1, 0.15) is 63.4 Å². The summed E-state index contributed by atoms with van der Waals surface area (Å²) in [6, 6.07) is 3.33. The van der Waals surface area contributed by atoms with Crippen molar-refractivity contribution in [1.82, 2.24) is 0 Å². The molecule has 0 unspecified atom stereocenters. The lowest BCUT2D eigenvalue weighted by Crippen LogP contribution is -2.06. The number of aryl methyl sites for hydroxylation is 1.